The van der Waals surface area contributed by atoms with Crippen LogP contribution in [0.1, 0.15) is 25.5 Å². The van der Waals surface area contributed by atoms with Gasteiger partial charge in [0.2, 0.25) is 5.91 Å². The first-order valence-corrected chi connectivity index (χ1v) is 8.28. The molecule has 24 heavy (non-hydrogen) atoms. The fraction of sp³-hybridized carbons (Fsp3) is 0.438. The molecule has 1 unspecified atom stereocenters. The van der Waals surface area contributed by atoms with Crippen LogP contribution < -0.4 is 16.0 Å². The van der Waals surface area contributed by atoms with E-state index >= 15 is 0 Å². The highest BCUT2D eigenvalue weighted by molar-refractivity contribution is 6.31. The number of aliphatic imine (C=N–C) groups is 1. The van der Waals surface area contributed by atoms with E-state index in [0.717, 1.165) is 5.56 Å². The summed E-state index contributed by atoms with van der Waals surface area (Å²) in [6, 6.07) is 7.22. The summed E-state index contributed by atoms with van der Waals surface area (Å²) >= 11 is 6.21. The number of nitrogens with one attached hydrogen (secondary N) is 3. The molecule has 130 valence electrons. The summed E-state index contributed by atoms with van der Waals surface area (Å²) in [7, 11) is 0. The predicted molar refractivity (Wildman–Crippen MR) is 94.1 cm³/mol. The lowest BCUT2D eigenvalue weighted by molar-refractivity contribution is -0.124. The molecule has 1 aromatic carbocycles. The van der Waals surface area contributed by atoms with Gasteiger partial charge in [0.05, 0.1) is 25.7 Å². The molecule has 1 aliphatic heterocycles. The van der Waals surface area contributed by atoms with Crippen LogP contribution in [0.25, 0.3) is 0 Å². The molecule has 0 saturated carbocycles. The van der Waals surface area contributed by atoms with Crippen LogP contribution in [0.15, 0.2) is 29.3 Å². The van der Waals surface area contributed by atoms with Crippen LogP contribution in [0.3, 0.4) is 0 Å². The summed E-state index contributed by atoms with van der Waals surface area (Å²) in [4.78, 5) is 28.6. The fourth-order valence-electron chi connectivity index (χ4n) is 2.37. The normalized spacial score (nSPS) is 16.1. The van der Waals surface area contributed by atoms with E-state index in [1.165, 1.54) is 4.90 Å². The van der Waals surface area contributed by atoms with E-state index in [-0.39, 0.29) is 31.1 Å². The van der Waals surface area contributed by atoms with Gasteiger partial charge in [0, 0.05) is 11.6 Å². The van der Waals surface area contributed by atoms with Crippen LogP contribution >= 0.6 is 11.6 Å². The van der Waals surface area contributed by atoms with Crippen molar-refractivity contribution in [2.24, 2.45) is 4.99 Å². The van der Waals surface area contributed by atoms with E-state index in [1.807, 2.05) is 38.1 Å². The van der Waals surface area contributed by atoms with Gasteiger partial charge in [-0.2, -0.15) is 0 Å². The first kappa shape index (κ1) is 18.1. The molecule has 0 aliphatic carbocycles. The van der Waals surface area contributed by atoms with Crippen LogP contribution in [-0.2, 0) is 4.79 Å². The Hall–Kier alpha value is -2.28. The topological polar surface area (TPSA) is 85.8 Å². The molecule has 3 amide bonds. The molecule has 7 nitrogen and oxygen atoms in total. The van der Waals surface area contributed by atoms with Crippen LogP contribution in [-0.4, -0.2) is 49.0 Å². The number of halogens is 1. The van der Waals surface area contributed by atoms with Crippen molar-refractivity contribution >= 4 is 29.5 Å². The molecule has 8 heteroatoms. The zero-order valence-corrected chi connectivity index (χ0v) is 14.6. The van der Waals surface area contributed by atoms with E-state index in [0.29, 0.717) is 24.1 Å². The molecule has 1 aromatic rings. The first-order chi connectivity index (χ1) is 11.5. The van der Waals surface area contributed by atoms with Crippen molar-refractivity contribution in [2.75, 3.05) is 26.2 Å². The number of hydrogen-bond donors (Lipinski definition) is 3. The Labute approximate surface area is 146 Å². The Kier molecular flexibility index (Phi) is 6.43. The summed E-state index contributed by atoms with van der Waals surface area (Å²) in [6.07, 6.45) is 0. The maximum atomic E-state index is 11.5. The number of nitrogens with zero attached hydrogens (tertiary/aromatic N) is 2. The van der Waals surface area contributed by atoms with Crippen molar-refractivity contribution in [1.29, 1.82) is 0 Å². The Morgan fingerprint density at radius 1 is 1.42 bits per heavy atom. The third-order valence-electron chi connectivity index (χ3n) is 3.60. The third kappa shape index (κ3) is 4.61. The second-order valence-corrected chi connectivity index (χ2v) is 5.76. The standard InChI is InChI=1S/C16H22ClN5O2/c1-3-18-15(19-8-9-22-14(23)10-20-16(22)24)21-11(2)12-6-4-5-7-13(12)17/h4-7,11H,3,8-10H2,1-2H3,(H,20,24)(H2,18,19,21). The van der Waals surface area contributed by atoms with E-state index in [1.54, 1.807) is 0 Å². The molecule has 0 spiro atoms. The molecular formula is C16H22ClN5O2. The molecule has 3 N–H and O–H groups in total. The first-order valence-electron chi connectivity index (χ1n) is 7.90. The van der Waals surface area contributed by atoms with Gasteiger partial charge >= 0.3 is 6.03 Å². The summed E-state index contributed by atoms with van der Waals surface area (Å²) in [5.74, 6) is 0.384. The number of imide groups is 1. The van der Waals surface area contributed by atoms with Crippen molar-refractivity contribution in [3.63, 3.8) is 0 Å². The molecule has 1 atom stereocenters. The van der Waals surface area contributed by atoms with Gasteiger partial charge in [-0.25, -0.2) is 4.79 Å². The minimum atomic E-state index is -0.363. The van der Waals surface area contributed by atoms with Crippen molar-refractivity contribution < 1.29 is 9.59 Å². The average Bonchev–Trinajstić information content (AvgIpc) is 2.87. The zero-order valence-electron chi connectivity index (χ0n) is 13.8. The maximum absolute atomic E-state index is 11.5. The highest BCUT2D eigenvalue weighted by Crippen LogP contribution is 2.21. The van der Waals surface area contributed by atoms with Gasteiger partial charge in [-0.3, -0.25) is 14.7 Å². The van der Waals surface area contributed by atoms with E-state index in [9.17, 15) is 9.59 Å². The van der Waals surface area contributed by atoms with Gasteiger partial charge in [0.15, 0.2) is 5.96 Å². The third-order valence-corrected chi connectivity index (χ3v) is 3.94. The van der Waals surface area contributed by atoms with Crippen molar-refractivity contribution in [2.45, 2.75) is 19.9 Å². The number of benzene rings is 1. The Morgan fingerprint density at radius 2 is 2.17 bits per heavy atom. The minimum Gasteiger partial charge on any atom is -0.357 e. The van der Waals surface area contributed by atoms with Crippen LogP contribution in [0.4, 0.5) is 4.79 Å². The van der Waals surface area contributed by atoms with Crippen LogP contribution in [0.2, 0.25) is 5.02 Å². The summed E-state index contributed by atoms with van der Waals surface area (Å²) < 4.78 is 0. The number of guanidine groups is 1. The van der Waals surface area contributed by atoms with Gasteiger partial charge in [-0.05, 0) is 25.5 Å². The molecule has 2 rings (SSSR count). The van der Waals surface area contributed by atoms with Gasteiger partial charge in [-0.1, -0.05) is 29.8 Å². The lowest BCUT2D eigenvalue weighted by atomic mass is 10.1. The van der Waals surface area contributed by atoms with Crippen LogP contribution in [0.5, 0.6) is 0 Å². The average molecular weight is 352 g/mol. The lowest BCUT2D eigenvalue weighted by Crippen LogP contribution is -2.40. The highest BCUT2D eigenvalue weighted by Gasteiger charge is 2.27. The smallest absolute Gasteiger partial charge is 0.324 e. The monoisotopic (exact) mass is 351 g/mol. The summed E-state index contributed by atoms with van der Waals surface area (Å²) in [5.41, 5.74) is 0.971. The van der Waals surface area contributed by atoms with Gasteiger partial charge in [-0.15, -0.1) is 0 Å². The molecule has 1 saturated heterocycles. The quantitative estimate of drug-likeness (QED) is 0.412. The number of amides is 3. The number of urea groups is 1. The molecule has 0 radical (unpaired) electrons. The van der Waals surface area contributed by atoms with Gasteiger partial charge in [0.1, 0.15) is 0 Å². The van der Waals surface area contributed by atoms with E-state index < -0.39 is 0 Å². The lowest BCUT2D eigenvalue weighted by Gasteiger charge is -2.19. The number of hydrogen-bond acceptors (Lipinski definition) is 3. The number of rotatable bonds is 6. The maximum Gasteiger partial charge on any atom is 0.324 e. The largest absolute Gasteiger partial charge is 0.357 e. The predicted octanol–water partition coefficient (Wildman–Crippen LogP) is 1.51. The Morgan fingerprint density at radius 3 is 2.79 bits per heavy atom. The molecule has 1 fully saturated rings. The van der Waals surface area contributed by atoms with Crippen molar-refractivity contribution in [3.05, 3.63) is 34.9 Å². The second-order valence-electron chi connectivity index (χ2n) is 5.35. The van der Waals surface area contributed by atoms with Crippen molar-refractivity contribution in [3.8, 4) is 0 Å². The summed E-state index contributed by atoms with van der Waals surface area (Å²) in [5, 5.41) is 9.59. The van der Waals surface area contributed by atoms with E-state index in [4.69, 9.17) is 11.6 Å². The molecule has 0 bridgehead atoms. The SMILES string of the molecule is CCNC(=NCCN1C(=O)CNC1=O)NC(C)c1ccccc1Cl. The van der Waals surface area contributed by atoms with Gasteiger partial charge < -0.3 is 16.0 Å². The molecule has 1 aliphatic rings. The highest BCUT2D eigenvalue weighted by atomic mass is 35.5. The van der Waals surface area contributed by atoms with E-state index in [2.05, 4.69) is 20.9 Å². The molecule has 0 aromatic heterocycles. The fourth-order valence-corrected chi connectivity index (χ4v) is 2.67. The van der Waals surface area contributed by atoms with Crippen molar-refractivity contribution in [1.82, 2.24) is 20.9 Å². The Balaban J connectivity index is 1.96. The Bertz CT molecular complexity index is 619. The number of carbonyl (C=O) groups is 2. The van der Waals surface area contributed by atoms with Gasteiger partial charge in [0.25, 0.3) is 0 Å². The molecular weight excluding hydrogens is 330 g/mol. The zero-order chi connectivity index (χ0) is 17.5. The summed E-state index contributed by atoms with van der Waals surface area (Å²) in [6.45, 7) is 5.29. The number of carbonyl (C=O) groups excluding carboxylic acids is 2. The minimum absolute atomic E-state index is 0.0341. The second kappa shape index (κ2) is 8.54. The van der Waals surface area contributed by atoms with Crippen LogP contribution in [0, 0.1) is 0 Å². The molecule has 1 heterocycles.